The van der Waals surface area contributed by atoms with Gasteiger partial charge in [0.25, 0.3) is 0 Å². The fourth-order valence-electron chi connectivity index (χ4n) is 0.577. The van der Waals surface area contributed by atoms with Crippen molar-refractivity contribution in [1.82, 2.24) is 0 Å². The highest BCUT2D eigenvalue weighted by molar-refractivity contribution is 4.38. The van der Waals surface area contributed by atoms with Crippen LogP contribution in [0.4, 0.5) is 0 Å². The zero-order valence-corrected chi connectivity index (χ0v) is 4.99. The average molecular weight is 150 g/mol. The van der Waals surface area contributed by atoms with Gasteiger partial charge < -0.3 is 0 Å². The number of hydrogen-bond acceptors (Lipinski definition) is 0. The van der Waals surface area contributed by atoms with E-state index in [-0.39, 0.29) is 29.7 Å². The average Bonchev–Trinajstić information content (AvgIpc) is 1.35. The summed E-state index contributed by atoms with van der Waals surface area (Å²) in [6, 6.07) is 0. The van der Waals surface area contributed by atoms with Crippen molar-refractivity contribution in [2.75, 3.05) is 0 Å². The molecule has 0 unspecified atom stereocenters. The van der Waals surface area contributed by atoms with Crippen molar-refractivity contribution in [3.8, 4) is 0 Å². The van der Waals surface area contributed by atoms with Gasteiger partial charge >= 0.3 is 0 Å². The molecule has 0 aliphatic rings. The Bertz CT molecular complexity index is 21.2. The fourth-order valence-corrected chi connectivity index (χ4v) is 0.577. The molecule has 0 bridgehead atoms. The molecule has 0 aliphatic heterocycles. The van der Waals surface area contributed by atoms with Crippen molar-refractivity contribution < 1.29 is 0 Å². The predicted molar refractivity (Wildman–Crippen MR) is 56.7 cm³/mol. The molecule has 0 N–H and O–H groups in total. The van der Waals surface area contributed by atoms with Crippen LogP contribution in [-0.4, -0.2) is 0 Å². The van der Waals surface area contributed by atoms with Gasteiger partial charge in [-0.25, -0.2) is 0 Å². The summed E-state index contributed by atoms with van der Waals surface area (Å²) in [6.07, 6.45) is 2.71. The molecule has 0 nitrogen and oxygen atoms in total. The largest absolute Gasteiger partial charge is 0.0776 e. The lowest BCUT2D eigenvalue weighted by molar-refractivity contribution is 0.576. The Morgan fingerprint density at radius 3 is 1.20 bits per heavy atom. The van der Waals surface area contributed by atoms with Gasteiger partial charge in [0.05, 0.1) is 0 Å². The molecule has 0 heterocycles. The van der Waals surface area contributed by atoms with Gasteiger partial charge in [-0.1, -0.05) is 63.3 Å². The predicted octanol–water partition coefficient (Wildman–Crippen LogP) is 4.99. The second-order valence-corrected chi connectivity index (χ2v) is 2.18. The normalized spacial score (nSPS) is 6.00. The van der Waals surface area contributed by atoms with E-state index in [0.29, 0.717) is 0 Å². The van der Waals surface area contributed by atoms with Crippen LogP contribution in [0.3, 0.4) is 0 Å². The summed E-state index contributed by atoms with van der Waals surface area (Å²) in [4.78, 5) is 0. The van der Waals surface area contributed by atoms with Crippen molar-refractivity contribution in [3.05, 3.63) is 0 Å². The Labute approximate surface area is 70.0 Å². The summed E-state index contributed by atoms with van der Waals surface area (Å²) in [7, 11) is 0. The van der Waals surface area contributed by atoms with E-state index in [1.54, 1.807) is 0 Å². The third kappa shape index (κ3) is 43.6. The smallest absolute Gasteiger partial charge is 0.0471 e. The van der Waals surface area contributed by atoms with Crippen LogP contribution in [0.1, 0.15) is 63.3 Å². The maximum Gasteiger partial charge on any atom is -0.0471 e. The standard InChI is InChI=1S/C6H14.4CH4/c1-4-5-6(2)3;;;;/h6H,4-5H2,1-3H3;4*1H4. The van der Waals surface area contributed by atoms with E-state index in [2.05, 4.69) is 20.8 Å². The molecule has 0 spiro atoms. The maximum absolute atomic E-state index is 2.25. The van der Waals surface area contributed by atoms with E-state index in [1.807, 2.05) is 0 Å². The molecule has 0 saturated heterocycles. The molecule has 70 valence electrons. The van der Waals surface area contributed by atoms with Gasteiger partial charge in [0, 0.05) is 0 Å². The van der Waals surface area contributed by atoms with Gasteiger partial charge in [-0.15, -0.1) is 0 Å². The quantitative estimate of drug-likeness (QED) is 0.520. The zero-order chi connectivity index (χ0) is 4.99. The molecule has 0 heteroatoms. The van der Waals surface area contributed by atoms with Crippen molar-refractivity contribution in [2.45, 2.75) is 63.3 Å². The molecule has 0 fully saturated rings. The first-order valence-corrected chi connectivity index (χ1v) is 2.77. The molecule has 0 aliphatic carbocycles. The first-order chi connectivity index (χ1) is 2.77. The third-order valence-corrected chi connectivity index (χ3v) is 0.866. The van der Waals surface area contributed by atoms with Crippen molar-refractivity contribution >= 4 is 0 Å². The van der Waals surface area contributed by atoms with Gasteiger partial charge in [0.1, 0.15) is 0 Å². The highest BCUT2D eigenvalue weighted by atomic mass is 13.9. The van der Waals surface area contributed by atoms with Crippen molar-refractivity contribution in [1.29, 1.82) is 0 Å². The number of rotatable bonds is 2. The Kier molecular flexibility index (Phi) is 74.6. The zero-order valence-electron chi connectivity index (χ0n) is 4.99. The van der Waals surface area contributed by atoms with Crippen LogP contribution in [0.15, 0.2) is 0 Å². The summed E-state index contributed by atoms with van der Waals surface area (Å²) in [5, 5.41) is 0. The summed E-state index contributed by atoms with van der Waals surface area (Å²) in [5.74, 6) is 0.898. The van der Waals surface area contributed by atoms with Crippen LogP contribution in [-0.2, 0) is 0 Å². The van der Waals surface area contributed by atoms with E-state index < -0.39 is 0 Å². The Morgan fingerprint density at radius 2 is 1.20 bits per heavy atom. The Morgan fingerprint density at radius 1 is 0.900 bits per heavy atom. The molecule has 10 heavy (non-hydrogen) atoms. The van der Waals surface area contributed by atoms with E-state index >= 15 is 0 Å². The molecule has 0 amide bonds. The third-order valence-electron chi connectivity index (χ3n) is 0.866. The van der Waals surface area contributed by atoms with E-state index in [1.165, 1.54) is 12.8 Å². The second kappa shape index (κ2) is 23.0. The molecular formula is C10H30. The van der Waals surface area contributed by atoms with E-state index in [0.717, 1.165) is 5.92 Å². The SMILES string of the molecule is C.C.C.C.CCCC(C)C. The molecule has 0 aromatic carbocycles. The molecular weight excluding hydrogens is 120 g/mol. The van der Waals surface area contributed by atoms with Gasteiger partial charge in [-0.05, 0) is 5.92 Å². The van der Waals surface area contributed by atoms with Crippen LogP contribution in [0, 0.1) is 5.92 Å². The highest BCUT2D eigenvalue weighted by Gasteiger charge is 1.85. The summed E-state index contributed by atoms with van der Waals surface area (Å²) >= 11 is 0. The molecule has 0 rings (SSSR count). The number of hydrogen-bond donors (Lipinski definition) is 0. The van der Waals surface area contributed by atoms with Gasteiger partial charge in [-0.2, -0.15) is 0 Å². The van der Waals surface area contributed by atoms with Gasteiger partial charge in [0.15, 0.2) is 0 Å². The minimum Gasteiger partial charge on any atom is -0.0776 e. The lowest BCUT2D eigenvalue weighted by Gasteiger charge is -1.95. The second-order valence-electron chi connectivity index (χ2n) is 2.18. The summed E-state index contributed by atoms with van der Waals surface area (Å²) in [6.45, 7) is 6.73. The van der Waals surface area contributed by atoms with Gasteiger partial charge in [-0.3, -0.25) is 0 Å². The monoisotopic (exact) mass is 150 g/mol. The Balaban J connectivity index is -0.0000000208. The minimum absolute atomic E-state index is 0. The maximum atomic E-state index is 2.25. The summed E-state index contributed by atoms with van der Waals surface area (Å²) in [5.41, 5.74) is 0. The molecule has 0 aromatic rings. The van der Waals surface area contributed by atoms with Crippen LogP contribution in [0.2, 0.25) is 0 Å². The van der Waals surface area contributed by atoms with Crippen LogP contribution in [0.5, 0.6) is 0 Å². The lowest BCUT2D eigenvalue weighted by Crippen LogP contribution is -1.81. The topological polar surface area (TPSA) is 0 Å². The minimum atomic E-state index is 0. The first-order valence-electron chi connectivity index (χ1n) is 2.77. The molecule has 0 aromatic heterocycles. The van der Waals surface area contributed by atoms with Crippen molar-refractivity contribution in [2.24, 2.45) is 5.92 Å². The first kappa shape index (κ1) is 32.4. The Hall–Kier alpha value is 0. The van der Waals surface area contributed by atoms with Gasteiger partial charge in [0.2, 0.25) is 0 Å². The molecule has 0 saturated carbocycles. The lowest BCUT2D eigenvalue weighted by atomic mass is 10.1. The van der Waals surface area contributed by atoms with Crippen LogP contribution < -0.4 is 0 Å². The molecule has 0 radical (unpaired) electrons. The van der Waals surface area contributed by atoms with Crippen LogP contribution >= 0.6 is 0 Å². The van der Waals surface area contributed by atoms with Crippen LogP contribution in [0.25, 0.3) is 0 Å². The van der Waals surface area contributed by atoms with E-state index in [4.69, 9.17) is 0 Å². The highest BCUT2D eigenvalue weighted by Crippen LogP contribution is 2.00. The van der Waals surface area contributed by atoms with Crippen molar-refractivity contribution in [3.63, 3.8) is 0 Å². The molecule has 0 atom stereocenters. The summed E-state index contributed by atoms with van der Waals surface area (Å²) < 4.78 is 0. The van der Waals surface area contributed by atoms with E-state index in [9.17, 15) is 0 Å². The fraction of sp³-hybridized carbons (Fsp3) is 1.00.